The van der Waals surface area contributed by atoms with Gasteiger partial charge >= 0.3 is 0 Å². The van der Waals surface area contributed by atoms with E-state index in [1.54, 1.807) is 0 Å². The molecule has 0 saturated carbocycles. The third kappa shape index (κ3) is 9.96. The van der Waals surface area contributed by atoms with E-state index < -0.39 is 10.0 Å². The normalized spacial score (nSPS) is 11.7. The monoisotopic (exact) mass is 440 g/mol. The van der Waals surface area contributed by atoms with Crippen LogP contribution in [0.2, 0.25) is 0 Å². The number of nitrogens with one attached hydrogen (secondary N) is 3. The Hall–Kier alpha value is -0.870. The van der Waals surface area contributed by atoms with E-state index in [0.29, 0.717) is 25.6 Å². The first-order valence-corrected chi connectivity index (χ1v) is 8.82. The molecule has 1 rings (SSSR count). The number of aliphatic imine (C=N–C) groups is 1. The molecule has 0 spiro atoms. The predicted octanol–water partition coefficient (Wildman–Crippen LogP) is 1.22. The van der Waals surface area contributed by atoms with Crippen LogP contribution in [0.1, 0.15) is 18.1 Å². The lowest BCUT2D eigenvalue weighted by molar-refractivity contribution is 0.586. The van der Waals surface area contributed by atoms with Crippen LogP contribution in [0.15, 0.2) is 29.3 Å². The summed E-state index contributed by atoms with van der Waals surface area (Å²) in [4.78, 5) is 4.48. The summed E-state index contributed by atoms with van der Waals surface area (Å²) in [6, 6.07) is 8.19. The molecule has 0 radical (unpaired) electrons. The molecular weight excluding hydrogens is 415 g/mol. The first-order valence-electron chi connectivity index (χ1n) is 6.93. The van der Waals surface area contributed by atoms with Crippen LogP contribution in [0.25, 0.3) is 0 Å². The maximum Gasteiger partial charge on any atom is 0.208 e. The smallest absolute Gasteiger partial charge is 0.208 e. The number of rotatable bonds is 7. The van der Waals surface area contributed by atoms with E-state index in [1.807, 2.05) is 32.0 Å². The number of guanidine groups is 1. The lowest BCUT2D eigenvalue weighted by Gasteiger charge is -2.11. The summed E-state index contributed by atoms with van der Waals surface area (Å²) >= 11 is 0. The molecule has 126 valence electrons. The maximum absolute atomic E-state index is 11.0. The first kappa shape index (κ1) is 21.1. The molecule has 0 fully saturated rings. The Morgan fingerprint density at radius 1 is 1.23 bits per heavy atom. The second-order valence-corrected chi connectivity index (χ2v) is 6.61. The number of sulfonamides is 1. The Morgan fingerprint density at radius 3 is 2.55 bits per heavy atom. The molecule has 0 aliphatic heterocycles. The summed E-state index contributed by atoms with van der Waals surface area (Å²) < 4.78 is 24.3. The van der Waals surface area contributed by atoms with Crippen molar-refractivity contribution in [3.8, 4) is 0 Å². The van der Waals surface area contributed by atoms with Crippen LogP contribution >= 0.6 is 24.0 Å². The second kappa shape index (κ2) is 10.8. The van der Waals surface area contributed by atoms with E-state index in [1.165, 1.54) is 5.56 Å². The van der Waals surface area contributed by atoms with Crippen molar-refractivity contribution in [1.29, 1.82) is 0 Å². The van der Waals surface area contributed by atoms with E-state index in [0.717, 1.165) is 18.4 Å². The van der Waals surface area contributed by atoms with Gasteiger partial charge in [-0.1, -0.05) is 29.8 Å². The first-order chi connectivity index (χ1) is 9.90. The average Bonchev–Trinajstić information content (AvgIpc) is 2.39. The van der Waals surface area contributed by atoms with Gasteiger partial charge in [0, 0.05) is 19.6 Å². The molecule has 1 aromatic rings. The Bertz CT molecular complexity index is 576. The molecule has 0 aromatic heterocycles. The van der Waals surface area contributed by atoms with Crippen molar-refractivity contribution in [3.63, 3.8) is 0 Å². The van der Waals surface area contributed by atoms with Crippen LogP contribution in [0, 0.1) is 6.92 Å². The molecule has 0 atom stereocenters. The molecule has 6 nitrogen and oxygen atoms in total. The van der Waals surface area contributed by atoms with Gasteiger partial charge in [-0.3, -0.25) is 0 Å². The molecule has 0 unspecified atom stereocenters. The predicted molar refractivity (Wildman–Crippen MR) is 102 cm³/mol. The summed E-state index contributed by atoms with van der Waals surface area (Å²) in [5, 5.41) is 6.22. The van der Waals surface area contributed by atoms with Crippen LogP contribution < -0.4 is 15.4 Å². The zero-order chi connectivity index (χ0) is 15.7. The van der Waals surface area contributed by atoms with Crippen molar-refractivity contribution in [2.45, 2.75) is 20.4 Å². The lowest BCUT2D eigenvalue weighted by atomic mass is 10.1. The molecule has 22 heavy (non-hydrogen) atoms. The average molecular weight is 440 g/mol. The number of nitrogens with zero attached hydrogens (tertiary/aromatic N) is 1. The van der Waals surface area contributed by atoms with Crippen LogP contribution in [0.5, 0.6) is 0 Å². The Kier molecular flexibility index (Phi) is 10.4. The summed E-state index contributed by atoms with van der Waals surface area (Å²) in [6.45, 7) is 6.17. The summed E-state index contributed by atoms with van der Waals surface area (Å²) in [5.41, 5.74) is 2.35. The molecule has 8 heteroatoms. The fourth-order valence-corrected chi connectivity index (χ4v) is 2.21. The zero-order valence-corrected chi connectivity index (χ0v) is 16.4. The fourth-order valence-electron chi connectivity index (χ4n) is 1.74. The third-order valence-electron chi connectivity index (χ3n) is 2.63. The minimum absolute atomic E-state index is 0. The van der Waals surface area contributed by atoms with Gasteiger partial charge in [0.05, 0.1) is 12.8 Å². The summed E-state index contributed by atoms with van der Waals surface area (Å²) in [6.07, 6.45) is 1.14. The molecule has 0 heterocycles. The van der Waals surface area contributed by atoms with Crippen LogP contribution in [0.4, 0.5) is 0 Å². The number of aryl methyl sites for hydroxylation is 1. The lowest BCUT2D eigenvalue weighted by Crippen LogP contribution is -2.41. The summed E-state index contributed by atoms with van der Waals surface area (Å²) in [7, 11) is -3.14. The maximum atomic E-state index is 11.0. The Labute approximate surface area is 150 Å². The van der Waals surface area contributed by atoms with Crippen molar-refractivity contribution in [2.24, 2.45) is 4.99 Å². The highest BCUT2D eigenvalue weighted by atomic mass is 127. The minimum Gasteiger partial charge on any atom is -0.357 e. The summed E-state index contributed by atoms with van der Waals surface area (Å²) in [5.74, 6) is 0.675. The van der Waals surface area contributed by atoms with E-state index >= 15 is 0 Å². The SMILES string of the molecule is CCNC(=NCc1cccc(C)c1)NCCNS(C)(=O)=O.I. The van der Waals surface area contributed by atoms with Crippen LogP contribution in [-0.4, -0.2) is 40.3 Å². The topological polar surface area (TPSA) is 82.6 Å². The standard InChI is InChI=1S/C14H24N4O2S.HI/c1-4-15-14(16-8-9-18-21(3,19)20)17-11-13-7-5-6-12(2)10-13;/h5-7,10,18H,4,8-9,11H2,1-3H3,(H2,15,16,17);1H. The van der Waals surface area contributed by atoms with E-state index in [4.69, 9.17) is 0 Å². The molecule has 0 saturated heterocycles. The van der Waals surface area contributed by atoms with E-state index in [9.17, 15) is 8.42 Å². The molecule has 0 bridgehead atoms. The van der Waals surface area contributed by atoms with Gasteiger partial charge in [0.2, 0.25) is 10.0 Å². The van der Waals surface area contributed by atoms with Crippen molar-refractivity contribution < 1.29 is 8.42 Å². The highest BCUT2D eigenvalue weighted by Crippen LogP contribution is 2.04. The van der Waals surface area contributed by atoms with Crippen molar-refractivity contribution in [1.82, 2.24) is 15.4 Å². The third-order valence-corrected chi connectivity index (χ3v) is 3.36. The molecule has 3 N–H and O–H groups in total. The van der Waals surface area contributed by atoms with E-state index in [2.05, 4.69) is 26.4 Å². The van der Waals surface area contributed by atoms with Gasteiger partial charge in [0.15, 0.2) is 5.96 Å². The van der Waals surface area contributed by atoms with Gasteiger partial charge in [-0.25, -0.2) is 18.1 Å². The highest BCUT2D eigenvalue weighted by Gasteiger charge is 2.01. The minimum atomic E-state index is -3.14. The Balaban J connectivity index is 0.00000441. The largest absolute Gasteiger partial charge is 0.357 e. The Morgan fingerprint density at radius 2 is 1.95 bits per heavy atom. The van der Waals surface area contributed by atoms with E-state index in [-0.39, 0.29) is 24.0 Å². The molecular formula is C14H25IN4O2S. The number of hydrogen-bond donors (Lipinski definition) is 3. The second-order valence-electron chi connectivity index (χ2n) is 4.78. The molecule has 0 amide bonds. The van der Waals surface area contributed by atoms with Gasteiger partial charge in [-0.15, -0.1) is 24.0 Å². The van der Waals surface area contributed by atoms with Crippen molar-refractivity contribution in [3.05, 3.63) is 35.4 Å². The number of hydrogen-bond acceptors (Lipinski definition) is 3. The molecule has 0 aliphatic carbocycles. The zero-order valence-electron chi connectivity index (χ0n) is 13.2. The van der Waals surface area contributed by atoms with Crippen molar-refractivity contribution >= 4 is 40.0 Å². The van der Waals surface area contributed by atoms with Gasteiger partial charge in [-0.05, 0) is 19.4 Å². The van der Waals surface area contributed by atoms with Gasteiger partial charge in [0.25, 0.3) is 0 Å². The number of halogens is 1. The quantitative estimate of drug-likeness (QED) is 0.258. The van der Waals surface area contributed by atoms with Gasteiger partial charge in [-0.2, -0.15) is 0 Å². The van der Waals surface area contributed by atoms with Gasteiger partial charge < -0.3 is 10.6 Å². The van der Waals surface area contributed by atoms with Crippen molar-refractivity contribution in [2.75, 3.05) is 25.9 Å². The van der Waals surface area contributed by atoms with Gasteiger partial charge in [0.1, 0.15) is 0 Å². The van der Waals surface area contributed by atoms with Crippen LogP contribution in [-0.2, 0) is 16.6 Å². The molecule has 1 aromatic carbocycles. The molecule has 0 aliphatic rings. The highest BCUT2D eigenvalue weighted by molar-refractivity contribution is 14.0. The fraction of sp³-hybridized carbons (Fsp3) is 0.500. The van der Waals surface area contributed by atoms with Crippen LogP contribution in [0.3, 0.4) is 0 Å². The number of benzene rings is 1.